The molecular weight excluding hydrogens is 370 g/mol. The van der Waals surface area contributed by atoms with Crippen LogP contribution in [0.15, 0.2) is 34.2 Å². The van der Waals surface area contributed by atoms with Crippen LogP contribution in [0.2, 0.25) is 0 Å². The van der Waals surface area contributed by atoms with Gasteiger partial charge in [0, 0.05) is 11.5 Å². The predicted octanol–water partition coefficient (Wildman–Crippen LogP) is 3.69. The smallest absolute Gasteiger partial charge is 0.293 e. The minimum atomic E-state index is -0.312. The Morgan fingerprint density at radius 2 is 2.09 bits per heavy atom. The molecule has 1 saturated heterocycles. The minimum absolute atomic E-state index is 0.287. The van der Waals surface area contributed by atoms with Crippen molar-refractivity contribution in [2.75, 3.05) is 20.8 Å². The number of rotatable bonds is 5. The lowest BCUT2D eigenvalue weighted by Crippen LogP contribution is -2.22. The van der Waals surface area contributed by atoms with Gasteiger partial charge in [-0.25, -0.2) is 0 Å². The summed E-state index contributed by atoms with van der Waals surface area (Å²) in [6.45, 7) is 3.96. The number of carbonyl (C=O) groups excluding carboxylic acids is 2. The van der Waals surface area contributed by atoms with Crippen molar-refractivity contribution in [1.82, 2.24) is 4.90 Å². The van der Waals surface area contributed by atoms with Crippen LogP contribution < -0.4 is 9.47 Å². The highest BCUT2D eigenvalue weighted by atomic mass is 79.9. The average Bonchev–Trinajstić information content (AvgIpc) is 2.74. The Balaban J connectivity index is 2.38. The van der Waals surface area contributed by atoms with Gasteiger partial charge in [-0.2, -0.15) is 0 Å². The fourth-order valence-corrected chi connectivity index (χ4v) is 3.02. The standard InChI is InChI=1S/C15H14BrNO4S/c1-4-5-21-12-8-10(16)9(6-11(12)20-3)7-13-14(18)17(2)15(19)22-13/h4,6-8H,1,5H2,2-3H3/b13-7-. The second kappa shape index (κ2) is 7.02. The molecule has 0 unspecified atom stereocenters. The van der Waals surface area contributed by atoms with Gasteiger partial charge in [-0.15, -0.1) is 0 Å². The second-order valence-corrected chi connectivity index (χ2v) is 6.21. The Hall–Kier alpha value is -1.73. The average molecular weight is 384 g/mol. The van der Waals surface area contributed by atoms with Crippen molar-refractivity contribution in [3.8, 4) is 11.5 Å². The maximum atomic E-state index is 11.9. The fraction of sp³-hybridized carbons (Fsp3) is 0.200. The molecule has 0 aromatic heterocycles. The van der Waals surface area contributed by atoms with Gasteiger partial charge >= 0.3 is 0 Å². The van der Waals surface area contributed by atoms with Crippen molar-refractivity contribution in [1.29, 1.82) is 0 Å². The molecule has 0 spiro atoms. The number of ether oxygens (including phenoxy) is 2. The first-order valence-corrected chi connectivity index (χ1v) is 7.91. The van der Waals surface area contributed by atoms with Gasteiger partial charge in [-0.3, -0.25) is 14.5 Å². The monoisotopic (exact) mass is 383 g/mol. The summed E-state index contributed by atoms with van der Waals surface area (Å²) < 4.78 is 11.5. The molecule has 0 N–H and O–H groups in total. The third-order valence-electron chi connectivity index (χ3n) is 2.91. The van der Waals surface area contributed by atoms with Gasteiger partial charge in [0.05, 0.1) is 12.0 Å². The van der Waals surface area contributed by atoms with Crippen LogP contribution in [0.4, 0.5) is 4.79 Å². The molecule has 0 atom stereocenters. The molecular formula is C15H14BrNO4S. The molecule has 1 heterocycles. The van der Waals surface area contributed by atoms with E-state index in [1.165, 1.54) is 14.2 Å². The van der Waals surface area contributed by atoms with Gasteiger partial charge in [0.25, 0.3) is 11.1 Å². The number of hydrogen-bond donors (Lipinski definition) is 0. The van der Waals surface area contributed by atoms with Crippen molar-refractivity contribution in [3.05, 3.63) is 39.7 Å². The third kappa shape index (κ3) is 3.36. The number of benzene rings is 1. The minimum Gasteiger partial charge on any atom is -0.493 e. The molecule has 2 amide bonds. The lowest BCUT2D eigenvalue weighted by molar-refractivity contribution is -0.121. The summed E-state index contributed by atoms with van der Waals surface area (Å²) in [4.78, 5) is 24.9. The second-order valence-electron chi connectivity index (χ2n) is 4.36. The molecule has 1 fully saturated rings. The van der Waals surface area contributed by atoms with E-state index < -0.39 is 0 Å². The first-order valence-electron chi connectivity index (χ1n) is 6.30. The van der Waals surface area contributed by atoms with Crippen LogP contribution in [0.1, 0.15) is 5.56 Å². The molecule has 5 nitrogen and oxygen atoms in total. The Morgan fingerprint density at radius 1 is 1.36 bits per heavy atom. The van der Waals surface area contributed by atoms with Crippen LogP contribution in [-0.2, 0) is 4.79 Å². The van der Waals surface area contributed by atoms with Gasteiger partial charge in [0.15, 0.2) is 11.5 Å². The van der Waals surface area contributed by atoms with E-state index >= 15 is 0 Å². The number of methoxy groups -OCH3 is 1. The van der Waals surface area contributed by atoms with E-state index in [1.807, 2.05) is 0 Å². The van der Waals surface area contributed by atoms with Crippen molar-refractivity contribution in [3.63, 3.8) is 0 Å². The maximum Gasteiger partial charge on any atom is 0.293 e. The lowest BCUT2D eigenvalue weighted by atomic mass is 10.2. The number of carbonyl (C=O) groups is 2. The molecule has 0 saturated carbocycles. The SMILES string of the molecule is C=CCOc1cc(Br)c(/C=C2\SC(=O)N(C)C2=O)cc1OC. The summed E-state index contributed by atoms with van der Waals surface area (Å²) in [5.41, 5.74) is 0.724. The van der Waals surface area contributed by atoms with E-state index in [4.69, 9.17) is 9.47 Å². The molecule has 1 aromatic rings. The Bertz CT molecular complexity index is 672. The molecule has 1 aliphatic heterocycles. The molecule has 0 bridgehead atoms. The number of hydrogen-bond acceptors (Lipinski definition) is 5. The Kier molecular flexibility index (Phi) is 5.31. The van der Waals surface area contributed by atoms with Gasteiger partial charge in [-0.1, -0.05) is 28.6 Å². The van der Waals surface area contributed by atoms with Gasteiger partial charge < -0.3 is 9.47 Å². The first kappa shape index (κ1) is 16.6. The summed E-state index contributed by atoms with van der Waals surface area (Å²) >= 11 is 4.34. The third-order valence-corrected chi connectivity index (χ3v) is 4.56. The van der Waals surface area contributed by atoms with Crippen LogP contribution in [-0.4, -0.2) is 36.8 Å². The lowest BCUT2D eigenvalue weighted by Gasteiger charge is -2.11. The van der Waals surface area contributed by atoms with Crippen molar-refractivity contribution >= 4 is 44.9 Å². The fourth-order valence-electron chi connectivity index (χ4n) is 1.77. The van der Waals surface area contributed by atoms with E-state index in [-0.39, 0.29) is 11.1 Å². The van der Waals surface area contributed by atoms with E-state index in [0.29, 0.717) is 23.0 Å². The largest absolute Gasteiger partial charge is 0.493 e. The van der Waals surface area contributed by atoms with Crippen molar-refractivity contribution in [2.45, 2.75) is 0 Å². The quantitative estimate of drug-likeness (QED) is 0.573. The summed E-state index contributed by atoms with van der Waals surface area (Å²) in [7, 11) is 2.99. The van der Waals surface area contributed by atoms with E-state index in [9.17, 15) is 9.59 Å². The summed E-state index contributed by atoms with van der Waals surface area (Å²) in [5.74, 6) is 0.787. The molecule has 0 radical (unpaired) electrons. The summed E-state index contributed by atoms with van der Waals surface area (Å²) in [6.07, 6.45) is 3.29. The summed E-state index contributed by atoms with van der Waals surface area (Å²) in [6, 6.07) is 3.50. The van der Waals surface area contributed by atoms with E-state index in [0.717, 1.165) is 26.7 Å². The number of likely N-dealkylation sites (N-methyl/N-ethyl adjacent to an activating group) is 1. The molecule has 0 aliphatic carbocycles. The highest BCUT2D eigenvalue weighted by Gasteiger charge is 2.32. The molecule has 116 valence electrons. The van der Waals surface area contributed by atoms with Crippen molar-refractivity contribution in [2.24, 2.45) is 0 Å². The highest BCUT2D eigenvalue weighted by Crippen LogP contribution is 2.37. The molecule has 1 aliphatic rings. The zero-order valence-corrected chi connectivity index (χ0v) is 14.5. The maximum absolute atomic E-state index is 11.9. The predicted molar refractivity (Wildman–Crippen MR) is 90.1 cm³/mol. The number of halogens is 1. The Labute approximate surface area is 141 Å². The molecule has 7 heteroatoms. The summed E-state index contributed by atoms with van der Waals surface area (Å²) in [5, 5.41) is -0.287. The Morgan fingerprint density at radius 3 is 2.64 bits per heavy atom. The number of imide groups is 1. The highest BCUT2D eigenvalue weighted by molar-refractivity contribution is 9.10. The van der Waals surface area contributed by atoms with Gasteiger partial charge in [0.2, 0.25) is 0 Å². The van der Waals surface area contributed by atoms with Gasteiger partial charge in [-0.05, 0) is 35.5 Å². The van der Waals surface area contributed by atoms with Crippen LogP contribution in [0, 0.1) is 0 Å². The topological polar surface area (TPSA) is 55.8 Å². The number of amides is 2. The molecule has 2 rings (SSSR count). The number of nitrogens with zero attached hydrogens (tertiary/aromatic N) is 1. The van der Waals surface area contributed by atoms with E-state index in [2.05, 4.69) is 22.5 Å². The first-order chi connectivity index (χ1) is 10.5. The van der Waals surface area contributed by atoms with E-state index in [1.54, 1.807) is 24.3 Å². The molecule has 1 aromatic carbocycles. The number of thioether (sulfide) groups is 1. The van der Waals surface area contributed by atoms with Crippen LogP contribution in [0.25, 0.3) is 6.08 Å². The zero-order valence-electron chi connectivity index (χ0n) is 12.1. The zero-order chi connectivity index (χ0) is 16.3. The van der Waals surface area contributed by atoms with Gasteiger partial charge in [0.1, 0.15) is 6.61 Å². The van der Waals surface area contributed by atoms with Crippen LogP contribution in [0.3, 0.4) is 0 Å². The van der Waals surface area contributed by atoms with Crippen LogP contribution >= 0.6 is 27.7 Å². The van der Waals surface area contributed by atoms with Crippen molar-refractivity contribution < 1.29 is 19.1 Å². The van der Waals surface area contributed by atoms with Crippen LogP contribution in [0.5, 0.6) is 11.5 Å². The molecule has 22 heavy (non-hydrogen) atoms. The normalized spacial score (nSPS) is 16.3.